The maximum Gasteiger partial charge on any atom is 0.322 e. The number of hydrogen-bond acceptors (Lipinski definition) is 5. The molecule has 1 unspecified atom stereocenters. The molecule has 0 spiro atoms. The largest absolute Gasteiger partial charge is 0.354 e. The Bertz CT molecular complexity index is 694. The molecular weight excluding hydrogens is 306 g/mol. The Morgan fingerprint density at radius 1 is 1.50 bits per heavy atom. The highest BCUT2D eigenvalue weighted by Gasteiger charge is 2.25. The maximum absolute atomic E-state index is 12.0. The van der Waals surface area contributed by atoms with Crippen LogP contribution in [0.3, 0.4) is 0 Å². The number of hydrogen-bond donors (Lipinski definition) is 3. The predicted molar refractivity (Wildman–Crippen MR) is 79.5 cm³/mol. The normalized spacial score (nSPS) is 18.6. The zero-order valence-corrected chi connectivity index (χ0v) is 12.5. The van der Waals surface area contributed by atoms with Crippen molar-refractivity contribution in [2.24, 2.45) is 0 Å². The van der Waals surface area contributed by atoms with E-state index in [4.69, 9.17) is 0 Å². The van der Waals surface area contributed by atoms with Gasteiger partial charge in [0.15, 0.2) is 4.96 Å². The molecule has 0 aliphatic carbocycles. The summed E-state index contributed by atoms with van der Waals surface area (Å²) in [4.78, 5) is 39.9. The zero-order chi connectivity index (χ0) is 15.5. The summed E-state index contributed by atoms with van der Waals surface area (Å²) in [5.41, 5.74) is 0.897. The summed E-state index contributed by atoms with van der Waals surface area (Å²) in [6, 6.07) is -1.31. The number of rotatable bonds is 4. The predicted octanol–water partition coefficient (Wildman–Crippen LogP) is 0.0427. The lowest BCUT2D eigenvalue weighted by Crippen LogP contribution is -2.48. The third kappa shape index (κ3) is 3.25. The van der Waals surface area contributed by atoms with Crippen LogP contribution in [0, 0.1) is 0 Å². The van der Waals surface area contributed by atoms with Gasteiger partial charge in [-0.2, -0.15) is 0 Å². The van der Waals surface area contributed by atoms with Crippen molar-refractivity contribution in [2.75, 3.05) is 6.54 Å². The van der Waals surface area contributed by atoms with Gasteiger partial charge in [0.05, 0.1) is 5.69 Å². The lowest BCUT2D eigenvalue weighted by Gasteiger charge is -2.14. The van der Waals surface area contributed by atoms with Gasteiger partial charge in [-0.25, -0.2) is 9.78 Å². The summed E-state index contributed by atoms with van der Waals surface area (Å²) in [5, 5.41) is 9.33. The van der Waals surface area contributed by atoms with E-state index in [2.05, 4.69) is 20.9 Å². The van der Waals surface area contributed by atoms with Gasteiger partial charge in [0.25, 0.3) is 0 Å². The lowest BCUT2D eigenvalue weighted by molar-refractivity contribution is -0.123. The summed E-state index contributed by atoms with van der Waals surface area (Å²) >= 11 is 1.55. The molecule has 1 saturated heterocycles. The Hall–Kier alpha value is -2.42. The van der Waals surface area contributed by atoms with Crippen molar-refractivity contribution in [3.05, 3.63) is 23.5 Å². The molecule has 3 rings (SSSR count). The summed E-state index contributed by atoms with van der Waals surface area (Å²) in [7, 11) is 0. The fraction of sp³-hybridized carbons (Fsp3) is 0.385. The van der Waals surface area contributed by atoms with Crippen molar-refractivity contribution < 1.29 is 14.4 Å². The molecule has 0 aromatic carbocycles. The molecule has 8 nitrogen and oxygen atoms in total. The van der Waals surface area contributed by atoms with E-state index in [0.29, 0.717) is 19.4 Å². The summed E-state index contributed by atoms with van der Waals surface area (Å²) in [6.07, 6.45) is 4.91. The molecule has 3 N–H and O–H groups in total. The van der Waals surface area contributed by atoms with Gasteiger partial charge >= 0.3 is 6.03 Å². The average Bonchev–Trinajstić information content (AvgIpc) is 2.99. The van der Waals surface area contributed by atoms with Gasteiger partial charge in [0.1, 0.15) is 6.04 Å². The van der Waals surface area contributed by atoms with Crippen LogP contribution in [-0.2, 0) is 16.0 Å². The van der Waals surface area contributed by atoms with Crippen LogP contribution in [0.4, 0.5) is 4.79 Å². The molecule has 1 aliphatic rings. The highest BCUT2D eigenvalue weighted by atomic mass is 32.1. The van der Waals surface area contributed by atoms with Gasteiger partial charge in [-0.3, -0.25) is 19.3 Å². The highest BCUT2D eigenvalue weighted by molar-refractivity contribution is 7.15. The second-order valence-corrected chi connectivity index (χ2v) is 5.85. The van der Waals surface area contributed by atoms with Gasteiger partial charge in [-0.15, -0.1) is 11.3 Å². The van der Waals surface area contributed by atoms with E-state index in [1.807, 2.05) is 22.2 Å². The van der Waals surface area contributed by atoms with Crippen molar-refractivity contribution in [3.8, 4) is 0 Å². The minimum atomic E-state index is -0.683. The van der Waals surface area contributed by atoms with Crippen LogP contribution < -0.4 is 16.0 Å². The number of amides is 4. The monoisotopic (exact) mass is 321 g/mol. The maximum atomic E-state index is 12.0. The second-order valence-electron chi connectivity index (χ2n) is 4.98. The number of nitrogens with zero attached hydrogens (tertiary/aromatic N) is 2. The van der Waals surface area contributed by atoms with E-state index in [1.54, 1.807) is 11.3 Å². The van der Waals surface area contributed by atoms with Gasteiger partial charge in [0, 0.05) is 37.2 Å². The first-order valence-corrected chi connectivity index (χ1v) is 7.79. The minimum Gasteiger partial charge on any atom is -0.354 e. The summed E-state index contributed by atoms with van der Waals surface area (Å²) in [6.45, 7) is 0.428. The second kappa shape index (κ2) is 6.14. The number of carbonyl (C=O) groups excluding carboxylic acids is 3. The Kier molecular flexibility index (Phi) is 4.05. The molecule has 9 heteroatoms. The summed E-state index contributed by atoms with van der Waals surface area (Å²) in [5.74, 6) is -0.656. The van der Waals surface area contributed by atoms with E-state index in [9.17, 15) is 14.4 Å². The molecule has 0 radical (unpaired) electrons. The SMILES string of the molecule is O=C1CCC(C(=O)NCCc2cn3ccsc3n2)NC(=O)N1. The highest BCUT2D eigenvalue weighted by Crippen LogP contribution is 2.11. The van der Waals surface area contributed by atoms with Crippen LogP contribution in [0.5, 0.6) is 0 Å². The quantitative estimate of drug-likeness (QED) is 0.739. The molecule has 1 atom stereocenters. The zero-order valence-electron chi connectivity index (χ0n) is 11.7. The molecule has 1 fully saturated rings. The Morgan fingerprint density at radius 3 is 3.18 bits per heavy atom. The Morgan fingerprint density at radius 2 is 2.36 bits per heavy atom. The van der Waals surface area contributed by atoms with Crippen LogP contribution in [0.2, 0.25) is 0 Å². The third-order valence-electron chi connectivity index (χ3n) is 3.36. The van der Waals surface area contributed by atoms with Crippen LogP contribution in [-0.4, -0.2) is 39.8 Å². The van der Waals surface area contributed by atoms with Crippen molar-refractivity contribution in [3.63, 3.8) is 0 Å². The topological polar surface area (TPSA) is 105 Å². The van der Waals surface area contributed by atoms with E-state index >= 15 is 0 Å². The lowest BCUT2D eigenvalue weighted by atomic mass is 10.1. The number of nitrogens with one attached hydrogen (secondary N) is 3. The van der Waals surface area contributed by atoms with E-state index in [1.165, 1.54) is 0 Å². The minimum absolute atomic E-state index is 0.147. The Labute approximate surface area is 129 Å². The smallest absolute Gasteiger partial charge is 0.322 e. The fourth-order valence-corrected chi connectivity index (χ4v) is 2.98. The van der Waals surface area contributed by atoms with Crippen LogP contribution in [0.15, 0.2) is 17.8 Å². The van der Waals surface area contributed by atoms with Crippen molar-refractivity contribution in [1.29, 1.82) is 0 Å². The summed E-state index contributed by atoms with van der Waals surface area (Å²) < 4.78 is 1.94. The number of carbonyl (C=O) groups is 3. The van der Waals surface area contributed by atoms with Gasteiger partial charge in [0.2, 0.25) is 11.8 Å². The van der Waals surface area contributed by atoms with E-state index in [0.717, 1.165) is 10.7 Å². The van der Waals surface area contributed by atoms with Gasteiger partial charge in [-0.1, -0.05) is 0 Å². The molecule has 22 heavy (non-hydrogen) atoms. The average molecular weight is 321 g/mol. The first-order valence-electron chi connectivity index (χ1n) is 6.91. The number of aromatic nitrogens is 2. The number of urea groups is 1. The molecule has 4 amide bonds. The van der Waals surface area contributed by atoms with Gasteiger partial charge < -0.3 is 10.6 Å². The molecule has 0 bridgehead atoms. The van der Waals surface area contributed by atoms with Crippen LogP contribution in [0.25, 0.3) is 4.96 Å². The number of fused-ring (bicyclic) bond motifs is 1. The van der Waals surface area contributed by atoms with Gasteiger partial charge in [-0.05, 0) is 6.42 Å². The number of imidazole rings is 1. The fourth-order valence-electron chi connectivity index (χ4n) is 2.26. The van der Waals surface area contributed by atoms with E-state index in [-0.39, 0.29) is 18.2 Å². The third-order valence-corrected chi connectivity index (χ3v) is 4.13. The van der Waals surface area contributed by atoms with E-state index < -0.39 is 12.1 Å². The van der Waals surface area contributed by atoms with Crippen molar-refractivity contribution in [2.45, 2.75) is 25.3 Å². The molecule has 2 aromatic heterocycles. The molecule has 2 aromatic rings. The molecule has 116 valence electrons. The Balaban J connectivity index is 1.50. The first kappa shape index (κ1) is 14.5. The first-order chi connectivity index (χ1) is 10.6. The molecule has 1 aliphatic heterocycles. The number of imide groups is 1. The number of thiazole rings is 1. The molecule has 0 saturated carbocycles. The van der Waals surface area contributed by atoms with Crippen LogP contribution >= 0.6 is 11.3 Å². The molecule has 3 heterocycles. The van der Waals surface area contributed by atoms with Crippen molar-refractivity contribution in [1.82, 2.24) is 25.3 Å². The van der Waals surface area contributed by atoms with Crippen LogP contribution in [0.1, 0.15) is 18.5 Å². The van der Waals surface area contributed by atoms with Crippen molar-refractivity contribution >= 4 is 34.1 Å². The standard InChI is InChI=1S/C13H15N5O3S/c19-10-2-1-9(16-12(21)17-10)11(20)14-4-3-8-7-18-5-6-22-13(18)15-8/h5-7,9H,1-4H2,(H,14,20)(H2,16,17,19,21). The molecular formula is C13H15N5O3S.